The van der Waals surface area contributed by atoms with E-state index in [2.05, 4.69) is 0 Å². The second-order valence-corrected chi connectivity index (χ2v) is 5.55. The molecule has 0 radical (unpaired) electrons. The number of carbonyl (C=O) groups is 2. The molecule has 1 rings (SSSR count). The molecule has 110 valence electrons. The zero-order valence-corrected chi connectivity index (χ0v) is 13.2. The van der Waals surface area contributed by atoms with E-state index in [4.69, 9.17) is 23.2 Å². The number of hydrogen-bond donors (Lipinski definition) is 1. The van der Waals surface area contributed by atoms with E-state index in [1.807, 2.05) is 0 Å². The van der Waals surface area contributed by atoms with E-state index in [1.165, 1.54) is 46.4 Å². The lowest BCUT2D eigenvalue weighted by Crippen LogP contribution is -2.54. The zero-order chi connectivity index (χ0) is 15.7. The molecule has 0 aliphatic heterocycles. The molecule has 2 amide bonds. The Balaban J connectivity index is 3.48. The molecule has 1 aromatic carbocycles. The normalized spacial score (nSPS) is 11.2. The maximum atomic E-state index is 12.3. The van der Waals surface area contributed by atoms with Gasteiger partial charge >= 0.3 is 0 Å². The topological polar surface area (TPSA) is 60.9 Å². The molecular formula is C13H16Cl2N2O3. The lowest BCUT2D eigenvalue weighted by atomic mass is 9.91. The molecule has 0 spiro atoms. The van der Waals surface area contributed by atoms with Crippen molar-refractivity contribution in [3.05, 3.63) is 33.8 Å². The number of rotatable bonds is 3. The van der Waals surface area contributed by atoms with E-state index in [9.17, 15) is 14.7 Å². The number of nitrogens with zero attached hydrogens (tertiary/aromatic N) is 2. The van der Waals surface area contributed by atoms with Gasteiger partial charge in [-0.1, -0.05) is 29.3 Å². The fraction of sp³-hybridized carbons (Fsp3) is 0.385. The number of amides is 2. The first kappa shape index (κ1) is 16.8. The molecule has 0 fully saturated rings. The van der Waals surface area contributed by atoms with Crippen LogP contribution >= 0.6 is 23.2 Å². The number of carbonyl (C=O) groups excluding carboxylic acids is 2. The molecule has 0 heterocycles. The highest BCUT2D eigenvalue weighted by Crippen LogP contribution is 2.31. The molecule has 0 aliphatic rings. The first-order valence-corrected chi connectivity index (χ1v) is 6.49. The molecule has 0 bridgehead atoms. The quantitative estimate of drug-likeness (QED) is 0.856. The van der Waals surface area contributed by atoms with Crippen molar-refractivity contribution in [2.75, 3.05) is 28.2 Å². The smallest absolute Gasteiger partial charge is 0.268 e. The minimum atomic E-state index is -2.33. The van der Waals surface area contributed by atoms with Crippen LogP contribution in [0.2, 0.25) is 10.0 Å². The van der Waals surface area contributed by atoms with Crippen molar-refractivity contribution in [3.8, 4) is 0 Å². The summed E-state index contributed by atoms with van der Waals surface area (Å²) in [7, 11) is 5.81. The second kappa shape index (κ2) is 5.99. The highest BCUT2D eigenvalue weighted by Gasteiger charge is 2.48. The van der Waals surface area contributed by atoms with Crippen LogP contribution < -0.4 is 0 Å². The van der Waals surface area contributed by atoms with Crippen molar-refractivity contribution in [3.63, 3.8) is 0 Å². The second-order valence-electron chi connectivity index (χ2n) is 4.74. The molecule has 7 heteroatoms. The van der Waals surface area contributed by atoms with E-state index in [0.717, 1.165) is 9.80 Å². The van der Waals surface area contributed by atoms with Crippen LogP contribution in [0, 0.1) is 0 Å². The Hall–Kier alpha value is -1.30. The third-order valence-electron chi connectivity index (χ3n) is 2.77. The lowest BCUT2D eigenvalue weighted by Gasteiger charge is -2.31. The average Bonchev–Trinajstić information content (AvgIpc) is 2.38. The van der Waals surface area contributed by atoms with Gasteiger partial charge < -0.3 is 14.9 Å². The number of hydrogen-bond acceptors (Lipinski definition) is 3. The van der Waals surface area contributed by atoms with Gasteiger partial charge in [-0.25, -0.2) is 0 Å². The van der Waals surface area contributed by atoms with E-state index < -0.39 is 17.4 Å². The highest BCUT2D eigenvalue weighted by molar-refractivity contribution is 6.42. The minimum Gasteiger partial charge on any atom is -0.368 e. The molecular weight excluding hydrogens is 303 g/mol. The third kappa shape index (κ3) is 2.90. The first-order chi connectivity index (χ1) is 9.12. The summed E-state index contributed by atoms with van der Waals surface area (Å²) in [5.41, 5.74) is -2.26. The molecule has 0 aromatic heterocycles. The van der Waals surface area contributed by atoms with Gasteiger partial charge in [-0.05, 0) is 12.1 Å². The Bertz CT molecular complexity index is 524. The van der Waals surface area contributed by atoms with E-state index in [0.29, 0.717) is 0 Å². The van der Waals surface area contributed by atoms with Crippen LogP contribution in [0.4, 0.5) is 0 Å². The summed E-state index contributed by atoms with van der Waals surface area (Å²) in [6.45, 7) is 0. The predicted octanol–water partition coefficient (Wildman–Crippen LogP) is 1.36. The van der Waals surface area contributed by atoms with Crippen LogP contribution in [0.1, 0.15) is 5.56 Å². The van der Waals surface area contributed by atoms with Crippen LogP contribution in [0.25, 0.3) is 0 Å². The van der Waals surface area contributed by atoms with Crippen LogP contribution in [-0.2, 0) is 15.2 Å². The van der Waals surface area contributed by atoms with Crippen molar-refractivity contribution in [1.29, 1.82) is 0 Å². The van der Waals surface area contributed by atoms with Crippen molar-refractivity contribution in [2.45, 2.75) is 5.60 Å². The Morgan fingerprint density at radius 3 is 1.80 bits per heavy atom. The van der Waals surface area contributed by atoms with Crippen LogP contribution in [-0.4, -0.2) is 54.9 Å². The highest BCUT2D eigenvalue weighted by atomic mass is 35.5. The number of aliphatic hydroxyl groups is 1. The summed E-state index contributed by atoms with van der Waals surface area (Å²) >= 11 is 11.7. The largest absolute Gasteiger partial charge is 0.368 e. The van der Waals surface area contributed by atoms with E-state index in [-0.39, 0.29) is 15.6 Å². The molecule has 0 atom stereocenters. The molecule has 0 unspecified atom stereocenters. The fourth-order valence-electron chi connectivity index (χ4n) is 1.71. The monoisotopic (exact) mass is 318 g/mol. The van der Waals surface area contributed by atoms with Crippen LogP contribution in [0.3, 0.4) is 0 Å². The van der Waals surface area contributed by atoms with Gasteiger partial charge in [0, 0.05) is 33.8 Å². The van der Waals surface area contributed by atoms with E-state index in [1.54, 1.807) is 0 Å². The Kier molecular flexibility index (Phi) is 5.02. The molecule has 0 saturated heterocycles. The van der Waals surface area contributed by atoms with Crippen molar-refractivity contribution in [2.24, 2.45) is 0 Å². The van der Waals surface area contributed by atoms with E-state index >= 15 is 0 Å². The van der Waals surface area contributed by atoms with Crippen molar-refractivity contribution < 1.29 is 14.7 Å². The number of benzene rings is 1. The van der Waals surface area contributed by atoms with Gasteiger partial charge in [-0.2, -0.15) is 0 Å². The lowest BCUT2D eigenvalue weighted by molar-refractivity contribution is -0.165. The summed E-state index contributed by atoms with van der Waals surface area (Å²) in [4.78, 5) is 26.8. The summed E-state index contributed by atoms with van der Waals surface area (Å²) in [5.74, 6) is -1.51. The molecule has 1 N–H and O–H groups in total. The predicted molar refractivity (Wildman–Crippen MR) is 77.7 cm³/mol. The maximum absolute atomic E-state index is 12.3. The Morgan fingerprint density at radius 1 is 1.00 bits per heavy atom. The van der Waals surface area contributed by atoms with Gasteiger partial charge in [0.05, 0.1) is 10.0 Å². The maximum Gasteiger partial charge on any atom is 0.268 e. The fourth-order valence-corrected chi connectivity index (χ4v) is 2.00. The van der Waals surface area contributed by atoms with Crippen LogP contribution in [0.5, 0.6) is 0 Å². The molecule has 5 nitrogen and oxygen atoms in total. The average molecular weight is 319 g/mol. The van der Waals surface area contributed by atoms with Gasteiger partial charge in [0.2, 0.25) is 5.60 Å². The molecule has 20 heavy (non-hydrogen) atoms. The summed E-state index contributed by atoms with van der Waals surface area (Å²) in [5, 5.41) is 11.1. The number of likely N-dealkylation sites (N-methyl/N-ethyl adjacent to an activating group) is 2. The van der Waals surface area contributed by atoms with Crippen molar-refractivity contribution in [1.82, 2.24) is 9.80 Å². The Labute approximate surface area is 127 Å². The minimum absolute atomic E-state index is 0.0734. The van der Waals surface area contributed by atoms with Crippen LogP contribution in [0.15, 0.2) is 18.2 Å². The first-order valence-electron chi connectivity index (χ1n) is 5.73. The van der Waals surface area contributed by atoms with Gasteiger partial charge in [0.1, 0.15) is 0 Å². The van der Waals surface area contributed by atoms with Gasteiger partial charge in [0.15, 0.2) is 0 Å². The molecule has 0 aliphatic carbocycles. The SMILES string of the molecule is CN(C)C(=O)C(O)(C(=O)N(C)C)c1ccc(Cl)c(Cl)c1. The summed E-state index contributed by atoms with van der Waals surface area (Å²) in [6, 6.07) is 4.14. The number of halogens is 2. The van der Waals surface area contributed by atoms with Gasteiger partial charge in [-0.3, -0.25) is 9.59 Å². The molecule has 1 aromatic rings. The zero-order valence-electron chi connectivity index (χ0n) is 11.6. The summed E-state index contributed by atoms with van der Waals surface area (Å²) < 4.78 is 0. The van der Waals surface area contributed by atoms with Gasteiger partial charge in [0.25, 0.3) is 11.8 Å². The summed E-state index contributed by atoms with van der Waals surface area (Å²) in [6.07, 6.45) is 0. The molecule has 0 saturated carbocycles. The Morgan fingerprint density at radius 2 is 1.45 bits per heavy atom. The third-order valence-corrected chi connectivity index (χ3v) is 3.51. The van der Waals surface area contributed by atoms with Gasteiger partial charge in [-0.15, -0.1) is 0 Å². The standard InChI is InChI=1S/C13H16Cl2N2O3/c1-16(2)11(18)13(20,12(19)17(3)4)8-5-6-9(14)10(15)7-8/h5-7,20H,1-4H3. The van der Waals surface area contributed by atoms with Crippen molar-refractivity contribution >= 4 is 35.0 Å².